The van der Waals surface area contributed by atoms with Crippen molar-refractivity contribution in [2.45, 2.75) is 59.4 Å². The minimum atomic E-state index is -0.694. The van der Waals surface area contributed by atoms with Crippen LogP contribution in [0.4, 0.5) is 5.69 Å². The molecule has 0 fully saturated rings. The van der Waals surface area contributed by atoms with Crippen LogP contribution in [0.1, 0.15) is 74.9 Å². The van der Waals surface area contributed by atoms with E-state index in [2.05, 4.69) is 13.8 Å². The van der Waals surface area contributed by atoms with Crippen LogP contribution in [0.3, 0.4) is 0 Å². The molecule has 0 N–H and O–H groups in total. The number of rotatable bonds is 9. The molecule has 222 valence electrons. The van der Waals surface area contributed by atoms with Gasteiger partial charge in [-0.05, 0) is 49.4 Å². The molecule has 0 saturated heterocycles. The average molecular weight is 600 g/mol. The Labute approximate surface area is 252 Å². The summed E-state index contributed by atoms with van der Waals surface area (Å²) in [5.74, 6) is 0.709. The zero-order chi connectivity index (χ0) is 30.8. The zero-order valence-electron chi connectivity index (χ0n) is 24.7. The standard InChI is InChI=1S/C33H33N3O6S/c1-6-8-25-29(32(38)41-7-2)30(22-13-11-21(12-14-22)19(3)4)35-31(37)28(43-33(35)34-25)18-24-15-16-27(42-24)23-10-9-20(5)26(17-23)36(39)40/h9-19,30H,6-8H2,1-5H3/b28-18-/t30-/m0/s1. The Morgan fingerprint density at radius 2 is 1.91 bits per heavy atom. The first kappa shape index (κ1) is 29.9. The highest BCUT2D eigenvalue weighted by Gasteiger charge is 2.34. The largest absolute Gasteiger partial charge is 0.463 e. The van der Waals surface area contributed by atoms with Crippen molar-refractivity contribution in [2.24, 2.45) is 4.99 Å². The average Bonchev–Trinajstić information content (AvgIpc) is 3.57. The van der Waals surface area contributed by atoms with E-state index < -0.39 is 16.9 Å². The molecule has 0 spiro atoms. The molecule has 0 aliphatic carbocycles. The molecule has 1 aliphatic rings. The first-order valence-corrected chi connectivity index (χ1v) is 15.1. The van der Waals surface area contributed by atoms with E-state index in [1.165, 1.54) is 17.4 Å². The summed E-state index contributed by atoms with van der Waals surface area (Å²) in [6.45, 7) is 9.88. The van der Waals surface area contributed by atoms with Crippen molar-refractivity contribution in [3.8, 4) is 11.3 Å². The summed E-state index contributed by atoms with van der Waals surface area (Å²) < 4.78 is 13.4. The van der Waals surface area contributed by atoms with Crippen LogP contribution in [0.5, 0.6) is 0 Å². The highest BCUT2D eigenvalue weighted by atomic mass is 32.1. The van der Waals surface area contributed by atoms with Crippen LogP contribution >= 0.6 is 11.3 Å². The van der Waals surface area contributed by atoms with Gasteiger partial charge in [0.25, 0.3) is 11.2 Å². The van der Waals surface area contributed by atoms with Gasteiger partial charge >= 0.3 is 5.97 Å². The van der Waals surface area contributed by atoms with Crippen molar-refractivity contribution in [2.75, 3.05) is 6.61 Å². The molecule has 10 heteroatoms. The number of carbonyl (C=O) groups excluding carboxylic acids is 1. The minimum Gasteiger partial charge on any atom is -0.463 e. The lowest BCUT2D eigenvalue weighted by atomic mass is 9.92. The molecule has 5 rings (SSSR count). The molecule has 0 radical (unpaired) electrons. The molecular formula is C33H33N3O6S. The van der Waals surface area contributed by atoms with E-state index in [0.717, 1.165) is 17.5 Å². The summed E-state index contributed by atoms with van der Waals surface area (Å²) in [6, 6.07) is 15.6. The number of thiazole rings is 1. The Balaban J connectivity index is 1.64. The van der Waals surface area contributed by atoms with E-state index in [1.54, 1.807) is 48.8 Å². The number of hydrogen-bond acceptors (Lipinski definition) is 8. The van der Waals surface area contributed by atoms with Crippen molar-refractivity contribution in [1.29, 1.82) is 0 Å². The lowest BCUT2D eigenvalue weighted by molar-refractivity contribution is -0.385. The Morgan fingerprint density at radius 3 is 2.56 bits per heavy atom. The van der Waals surface area contributed by atoms with Crippen molar-refractivity contribution in [3.05, 3.63) is 118 Å². The zero-order valence-corrected chi connectivity index (χ0v) is 25.6. The number of aromatic nitrogens is 1. The number of nitrogens with zero attached hydrogens (tertiary/aromatic N) is 3. The van der Waals surface area contributed by atoms with Crippen molar-refractivity contribution >= 4 is 29.1 Å². The third kappa shape index (κ3) is 5.87. The topological polar surface area (TPSA) is 117 Å². The van der Waals surface area contributed by atoms with Gasteiger partial charge in [-0.15, -0.1) is 0 Å². The second kappa shape index (κ2) is 12.3. The van der Waals surface area contributed by atoms with Gasteiger partial charge in [0.05, 0.1) is 33.4 Å². The van der Waals surface area contributed by atoms with Gasteiger partial charge in [0.2, 0.25) is 0 Å². The predicted octanol–water partition coefficient (Wildman–Crippen LogP) is 6.18. The monoisotopic (exact) mass is 599 g/mol. The highest BCUT2D eigenvalue weighted by Crippen LogP contribution is 2.33. The summed E-state index contributed by atoms with van der Waals surface area (Å²) in [5, 5.41) is 11.4. The number of ether oxygens (including phenoxy) is 1. The van der Waals surface area contributed by atoms with E-state index in [9.17, 15) is 19.7 Å². The Morgan fingerprint density at radius 1 is 1.16 bits per heavy atom. The maximum absolute atomic E-state index is 14.0. The number of allylic oxidation sites excluding steroid dienone is 1. The van der Waals surface area contributed by atoms with E-state index in [1.807, 2.05) is 31.2 Å². The number of nitro groups is 1. The van der Waals surface area contributed by atoms with Gasteiger partial charge in [-0.25, -0.2) is 9.79 Å². The molecule has 2 aromatic heterocycles. The molecule has 0 saturated carbocycles. The predicted molar refractivity (Wildman–Crippen MR) is 166 cm³/mol. The SMILES string of the molecule is CCCC1=C(C(=O)OCC)[C@H](c2ccc(C(C)C)cc2)n2c(s/c(=C\c3ccc(-c4ccc(C)c([N+](=O)[O-])c4)o3)c2=O)=N1. The second-order valence-corrected chi connectivity index (χ2v) is 11.7. The number of furan rings is 1. The Hall–Kier alpha value is -4.57. The van der Waals surface area contributed by atoms with Crippen molar-refractivity contribution in [1.82, 2.24) is 4.57 Å². The van der Waals surface area contributed by atoms with Crippen LogP contribution in [0.2, 0.25) is 0 Å². The number of aryl methyl sites for hydroxylation is 1. The molecule has 9 nitrogen and oxygen atoms in total. The maximum Gasteiger partial charge on any atom is 0.338 e. The summed E-state index contributed by atoms with van der Waals surface area (Å²) in [6.07, 6.45) is 2.97. The summed E-state index contributed by atoms with van der Waals surface area (Å²) >= 11 is 1.23. The van der Waals surface area contributed by atoms with E-state index >= 15 is 0 Å². The molecule has 4 aromatic rings. The number of carbonyl (C=O) groups is 1. The fourth-order valence-electron chi connectivity index (χ4n) is 5.17. The van der Waals surface area contributed by atoms with Crippen molar-refractivity contribution in [3.63, 3.8) is 0 Å². The van der Waals surface area contributed by atoms with Crippen LogP contribution in [0.25, 0.3) is 17.4 Å². The number of benzene rings is 2. The molecule has 0 amide bonds. The summed E-state index contributed by atoms with van der Waals surface area (Å²) in [5.41, 5.74) is 3.76. The number of fused-ring (bicyclic) bond motifs is 1. The maximum atomic E-state index is 14.0. The molecule has 43 heavy (non-hydrogen) atoms. The molecule has 3 heterocycles. The van der Waals surface area contributed by atoms with Gasteiger partial charge in [-0.3, -0.25) is 19.5 Å². The van der Waals surface area contributed by atoms with Crippen LogP contribution in [-0.2, 0) is 9.53 Å². The molecule has 1 aliphatic heterocycles. The molecule has 1 atom stereocenters. The molecule has 0 unspecified atom stereocenters. The smallest absolute Gasteiger partial charge is 0.338 e. The fourth-order valence-corrected chi connectivity index (χ4v) is 6.17. The first-order chi connectivity index (χ1) is 20.6. The second-order valence-electron chi connectivity index (χ2n) is 10.7. The van der Waals surface area contributed by atoms with Gasteiger partial charge in [-0.2, -0.15) is 0 Å². The van der Waals surface area contributed by atoms with E-state index in [-0.39, 0.29) is 17.9 Å². The third-order valence-corrected chi connectivity index (χ3v) is 8.38. The summed E-state index contributed by atoms with van der Waals surface area (Å²) in [4.78, 5) is 43.6. The third-order valence-electron chi connectivity index (χ3n) is 7.40. The molecule has 0 bridgehead atoms. The fraction of sp³-hybridized carbons (Fsp3) is 0.303. The lowest BCUT2D eigenvalue weighted by Gasteiger charge is -2.26. The van der Waals surface area contributed by atoms with Crippen LogP contribution in [0, 0.1) is 17.0 Å². The van der Waals surface area contributed by atoms with Gasteiger partial charge < -0.3 is 9.15 Å². The van der Waals surface area contributed by atoms with E-state index in [4.69, 9.17) is 14.1 Å². The number of esters is 1. The molecular weight excluding hydrogens is 566 g/mol. The van der Waals surface area contributed by atoms with Gasteiger partial charge in [0, 0.05) is 23.3 Å². The van der Waals surface area contributed by atoms with Gasteiger partial charge in [0.15, 0.2) is 4.80 Å². The molecule has 2 aromatic carbocycles. The highest BCUT2D eigenvalue weighted by molar-refractivity contribution is 7.07. The Bertz CT molecular complexity index is 1910. The van der Waals surface area contributed by atoms with E-state index in [0.29, 0.717) is 55.6 Å². The summed E-state index contributed by atoms with van der Waals surface area (Å²) in [7, 11) is 0. The van der Waals surface area contributed by atoms with Gasteiger partial charge in [0.1, 0.15) is 11.5 Å². The number of nitro benzene ring substituents is 1. The van der Waals surface area contributed by atoms with Gasteiger partial charge in [-0.1, -0.05) is 74.9 Å². The normalized spacial score (nSPS) is 15.0. The minimum absolute atomic E-state index is 0.00507. The first-order valence-electron chi connectivity index (χ1n) is 14.3. The van der Waals surface area contributed by atoms with Crippen LogP contribution in [0.15, 0.2) is 80.1 Å². The van der Waals surface area contributed by atoms with Crippen LogP contribution < -0.4 is 14.9 Å². The van der Waals surface area contributed by atoms with Crippen LogP contribution in [-0.4, -0.2) is 22.1 Å². The van der Waals surface area contributed by atoms with Crippen molar-refractivity contribution < 1.29 is 18.9 Å². The quantitative estimate of drug-likeness (QED) is 0.129. The number of hydrogen-bond donors (Lipinski definition) is 0. The Kier molecular flexibility index (Phi) is 8.59. The lowest BCUT2D eigenvalue weighted by Crippen LogP contribution is -2.40.